The number of morpholine rings is 1. The summed E-state index contributed by atoms with van der Waals surface area (Å²) in [6.45, 7) is 3.41. The van der Waals surface area contributed by atoms with Crippen LogP contribution in [0.1, 0.15) is 42.3 Å². The molecule has 0 spiro atoms. The van der Waals surface area contributed by atoms with Gasteiger partial charge < -0.3 is 10.1 Å². The molecule has 1 aliphatic heterocycles. The highest BCUT2D eigenvalue weighted by Crippen LogP contribution is 2.27. The highest BCUT2D eigenvalue weighted by molar-refractivity contribution is 7.17. The number of rotatable bonds is 4. The van der Waals surface area contributed by atoms with Gasteiger partial charge >= 0.3 is 0 Å². The molecule has 3 rings (SSSR count). The number of amides is 1. The zero-order valence-electron chi connectivity index (χ0n) is 12.7. The van der Waals surface area contributed by atoms with Crippen molar-refractivity contribution in [2.45, 2.75) is 44.7 Å². The summed E-state index contributed by atoms with van der Waals surface area (Å²) in [6, 6.07) is 0.227. The number of carbonyl (C=O) groups excluding carboxylic acids is 2. The molecule has 2 fully saturated rings. The van der Waals surface area contributed by atoms with Crippen LogP contribution in [0, 0.1) is 0 Å². The van der Waals surface area contributed by atoms with E-state index in [0.29, 0.717) is 29.3 Å². The maximum Gasteiger partial charge on any atom is 0.245 e. The van der Waals surface area contributed by atoms with E-state index in [1.165, 1.54) is 37.3 Å². The van der Waals surface area contributed by atoms with Gasteiger partial charge in [-0.1, -0.05) is 24.2 Å². The van der Waals surface area contributed by atoms with Crippen LogP contribution in [0.4, 0.5) is 5.13 Å². The molecule has 1 atom stereocenters. The van der Waals surface area contributed by atoms with Gasteiger partial charge in [0.15, 0.2) is 10.9 Å². The fourth-order valence-electron chi connectivity index (χ4n) is 3.20. The fourth-order valence-corrected chi connectivity index (χ4v) is 3.91. The van der Waals surface area contributed by atoms with Crippen LogP contribution in [-0.2, 0) is 9.53 Å². The second-order valence-electron chi connectivity index (χ2n) is 5.84. The van der Waals surface area contributed by atoms with Gasteiger partial charge in [0, 0.05) is 19.5 Å². The Bertz CT molecular complexity index is 554. The summed E-state index contributed by atoms with van der Waals surface area (Å²) in [6.07, 6.45) is 6.31. The molecule has 1 aliphatic carbocycles. The van der Waals surface area contributed by atoms with Crippen molar-refractivity contribution >= 4 is 28.2 Å². The van der Waals surface area contributed by atoms with E-state index in [1.54, 1.807) is 0 Å². The molecule has 1 aromatic rings. The predicted molar refractivity (Wildman–Crippen MR) is 84.3 cm³/mol. The molecule has 2 heterocycles. The average molecular weight is 323 g/mol. The van der Waals surface area contributed by atoms with Crippen molar-refractivity contribution in [3.8, 4) is 0 Å². The maximum absolute atomic E-state index is 12.6. The number of anilines is 1. The van der Waals surface area contributed by atoms with Crippen molar-refractivity contribution < 1.29 is 14.3 Å². The van der Waals surface area contributed by atoms with E-state index < -0.39 is 0 Å². The number of nitrogens with zero attached hydrogens (tertiary/aromatic N) is 2. The molecule has 6 nitrogen and oxygen atoms in total. The van der Waals surface area contributed by atoms with E-state index in [4.69, 9.17) is 4.74 Å². The average Bonchev–Trinajstić information content (AvgIpc) is 3.18. The van der Waals surface area contributed by atoms with Gasteiger partial charge in [-0.3, -0.25) is 14.5 Å². The van der Waals surface area contributed by atoms with E-state index in [-0.39, 0.29) is 17.7 Å². The normalized spacial score (nSPS) is 23.6. The zero-order chi connectivity index (χ0) is 15.5. The van der Waals surface area contributed by atoms with Crippen LogP contribution < -0.4 is 5.32 Å². The Morgan fingerprint density at radius 2 is 2.18 bits per heavy atom. The standard InChI is InChI=1S/C15H21N3O3S/c1-10(19)13-8-16-15(22-13)17-14(20)12-9-21-7-6-18(12)11-4-2-3-5-11/h8,11-12H,2-7,9H2,1H3,(H,16,17,20)/t12-/m0/s1. The summed E-state index contributed by atoms with van der Waals surface area (Å²) in [5.41, 5.74) is 0. The molecular formula is C15H21N3O3S. The van der Waals surface area contributed by atoms with Crippen molar-refractivity contribution in [2.75, 3.05) is 25.1 Å². The molecule has 1 N–H and O–H groups in total. The summed E-state index contributed by atoms with van der Waals surface area (Å²) >= 11 is 1.21. The molecule has 0 unspecified atom stereocenters. The van der Waals surface area contributed by atoms with E-state index >= 15 is 0 Å². The van der Waals surface area contributed by atoms with Crippen LogP contribution in [0.5, 0.6) is 0 Å². The van der Waals surface area contributed by atoms with Crippen molar-refractivity contribution in [1.29, 1.82) is 0 Å². The first kappa shape index (κ1) is 15.6. The number of carbonyl (C=O) groups is 2. The van der Waals surface area contributed by atoms with Crippen LogP contribution in [0.2, 0.25) is 0 Å². The Labute approximate surface area is 133 Å². The second kappa shape index (κ2) is 6.85. The van der Waals surface area contributed by atoms with E-state index in [9.17, 15) is 9.59 Å². The summed E-state index contributed by atoms with van der Waals surface area (Å²) in [4.78, 5) is 30.8. The minimum atomic E-state index is -0.262. The monoisotopic (exact) mass is 323 g/mol. The molecule has 0 aromatic carbocycles. The number of thiazole rings is 1. The Hall–Kier alpha value is -1.31. The molecule has 120 valence electrons. The van der Waals surface area contributed by atoms with Crippen molar-refractivity contribution in [1.82, 2.24) is 9.88 Å². The van der Waals surface area contributed by atoms with Crippen molar-refractivity contribution in [2.24, 2.45) is 0 Å². The van der Waals surface area contributed by atoms with Gasteiger partial charge in [0.2, 0.25) is 5.91 Å². The van der Waals surface area contributed by atoms with Gasteiger partial charge in [0.25, 0.3) is 0 Å². The second-order valence-corrected chi connectivity index (χ2v) is 6.87. The topological polar surface area (TPSA) is 71.5 Å². The highest BCUT2D eigenvalue weighted by Gasteiger charge is 2.35. The molecule has 22 heavy (non-hydrogen) atoms. The predicted octanol–water partition coefficient (Wildman–Crippen LogP) is 1.93. The largest absolute Gasteiger partial charge is 0.378 e. The number of ether oxygens (including phenoxy) is 1. The van der Waals surface area contributed by atoms with Gasteiger partial charge in [-0.15, -0.1) is 0 Å². The number of Topliss-reactive ketones (excluding diaryl/α,β-unsaturated/α-hetero) is 1. The van der Waals surface area contributed by atoms with Crippen molar-refractivity contribution in [3.05, 3.63) is 11.1 Å². The van der Waals surface area contributed by atoms with Gasteiger partial charge in [-0.2, -0.15) is 0 Å². The quantitative estimate of drug-likeness (QED) is 0.857. The van der Waals surface area contributed by atoms with Crippen molar-refractivity contribution in [3.63, 3.8) is 0 Å². The highest BCUT2D eigenvalue weighted by atomic mass is 32.1. The van der Waals surface area contributed by atoms with Crippen LogP contribution in [-0.4, -0.2) is 53.4 Å². The third-order valence-corrected chi connectivity index (χ3v) is 5.36. The molecule has 0 bridgehead atoms. The molecule has 1 amide bonds. The van der Waals surface area contributed by atoms with Crippen LogP contribution in [0.3, 0.4) is 0 Å². The number of hydrogen-bond acceptors (Lipinski definition) is 6. The smallest absolute Gasteiger partial charge is 0.245 e. The van der Waals surface area contributed by atoms with Crippen LogP contribution in [0.15, 0.2) is 6.20 Å². The number of aromatic nitrogens is 1. The minimum absolute atomic E-state index is 0.0356. The zero-order valence-corrected chi connectivity index (χ0v) is 13.5. The van der Waals surface area contributed by atoms with E-state index in [1.807, 2.05) is 0 Å². The Balaban J connectivity index is 1.67. The lowest BCUT2D eigenvalue weighted by Crippen LogP contribution is -2.55. The lowest BCUT2D eigenvalue weighted by atomic mass is 10.1. The third kappa shape index (κ3) is 3.37. The molecule has 7 heteroatoms. The summed E-state index contributed by atoms with van der Waals surface area (Å²) in [5.74, 6) is -0.123. The van der Waals surface area contributed by atoms with Crippen LogP contribution in [0.25, 0.3) is 0 Å². The van der Waals surface area contributed by atoms with Gasteiger partial charge in [0.05, 0.1) is 24.3 Å². The lowest BCUT2D eigenvalue weighted by molar-refractivity contribution is -0.129. The van der Waals surface area contributed by atoms with Crippen LogP contribution >= 0.6 is 11.3 Å². The van der Waals surface area contributed by atoms with E-state index in [0.717, 1.165) is 19.4 Å². The molecule has 1 saturated heterocycles. The number of hydrogen-bond donors (Lipinski definition) is 1. The summed E-state index contributed by atoms with van der Waals surface area (Å²) < 4.78 is 5.50. The minimum Gasteiger partial charge on any atom is -0.378 e. The Morgan fingerprint density at radius 1 is 1.41 bits per heavy atom. The first-order valence-electron chi connectivity index (χ1n) is 7.76. The Morgan fingerprint density at radius 3 is 2.86 bits per heavy atom. The Kier molecular flexibility index (Phi) is 4.85. The molecular weight excluding hydrogens is 302 g/mol. The summed E-state index contributed by atoms with van der Waals surface area (Å²) in [5, 5.41) is 3.31. The lowest BCUT2D eigenvalue weighted by Gasteiger charge is -2.38. The van der Waals surface area contributed by atoms with Gasteiger partial charge in [-0.05, 0) is 12.8 Å². The maximum atomic E-state index is 12.6. The van der Waals surface area contributed by atoms with E-state index in [2.05, 4.69) is 15.2 Å². The number of ketones is 1. The SMILES string of the molecule is CC(=O)c1cnc(NC(=O)[C@@H]2COCCN2C2CCCC2)s1. The number of nitrogens with one attached hydrogen (secondary N) is 1. The van der Waals surface area contributed by atoms with Gasteiger partial charge in [-0.25, -0.2) is 4.98 Å². The molecule has 1 saturated carbocycles. The first-order chi connectivity index (χ1) is 10.6. The van der Waals surface area contributed by atoms with Gasteiger partial charge in [0.1, 0.15) is 6.04 Å². The third-order valence-electron chi connectivity index (χ3n) is 4.35. The summed E-state index contributed by atoms with van der Waals surface area (Å²) in [7, 11) is 0. The first-order valence-corrected chi connectivity index (χ1v) is 8.58. The fraction of sp³-hybridized carbons (Fsp3) is 0.667. The molecule has 1 aromatic heterocycles. The molecule has 0 radical (unpaired) electrons. The molecule has 2 aliphatic rings.